The molecule has 0 amide bonds. The third-order valence-electron chi connectivity index (χ3n) is 11.8. The minimum absolute atomic E-state index is 0.00305. The van der Waals surface area contributed by atoms with Crippen molar-refractivity contribution in [1.82, 2.24) is 0 Å². The molecule has 0 unspecified atom stereocenters. The maximum atomic E-state index is 13.8. The zero-order chi connectivity index (χ0) is 40.4. The van der Waals surface area contributed by atoms with Crippen LogP contribution in [0.25, 0.3) is 0 Å². The molecule has 7 rings (SSSR count). The molecule has 0 saturated carbocycles. The zero-order valence-corrected chi connectivity index (χ0v) is 31.8. The van der Waals surface area contributed by atoms with Gasteiger partial charge in [0, 0.05) is 43.2 Å². The Morgan fingerprint density at radius 1 is 0.857 bits per heavy atom. The molecule has 2 aliphatic carbocycles. The number of ether oxygens (including phenoxy) is 7. The smallest absolute Gasteiger partial charge is 0.316 e. The van der Waals surface area contributed by atoms with Gasteiger partial charge in [0.2, 0.25) is 5.78 Å². The highest BCUT2D eigenvalue weighted by molar-refractivity contribution is 6.31. The quantitative estimate of drug-likeness (QED) is 0.163. The number of rotatable bonds is 8. The molecule has 16 heteroatoms. The predicted octanol–water partition coefficient (Wildman–Crippen LogP) is 3.32. The van der Waals surface area contributed by atoms with Crippen molar-refractivity contribution in [3.8, 4) is 17.2 Å². The van der Waals surface area contributed by atoms with Gasteiger partial charge in [-0.3, -0.25) is 19.2 Å². The standard InChI is InChI=1S/C40H48O16/c1-6-40(49)15-26(30-19(34(40)39(48)50-5)13-20-31(36(30)46)37(47)33-23(43)8-7-22(42)32(33)35(20)45)55-27-12-10-25(17(3)52-27)54-29-14-24(44)38(18(4)53-29)56-28-11-9-21(41)16(2)51-28/h7-8,13,16-18,24-29,34,38,42-44,46,49H,6,9-12,14-15H2,1-5H3/t16-,17-,18-,24-,25-,26-,27-,28-,29-,34-,38+,40+/m0/s1. The van der Waals surface area contributed by atoms with E-state index >= 15 is 0 Å². The van der Waals surface area contributed by atoms with Crippen molar-refractivity contribution in [2.75, 3.05) is 7.11 Å². The van der Waals surface area contributed by atoms with Crippen LogP contribution in [0.1, 0.15) is 128 Å². The molecular formula is C40H48O16. The second-order valence-corrected chi connectivity index (χ2v) is 15.3. The highest BCUT2D eigenvalue weighted by Crippen LogP contribution is 2.54. The lowest BCUT2D eigenvalue weighted by Gasteiger charge is -2.45. The number of carbonyl (C=O) groups is 4. The van der Waals surface area contributed by atoms with Crippen LogP contribution >= 0.6 is 0 Å². The lowest BCUT2D eigenvalue weighted by atomic mass is 9.67. The van der Waals surface area contributed by atoms with Crippen LogP contribution in [0, 0.1) is 0 Å². The Bertz CT molecular complexity index is 1900. The second kappa shape index (κ2) is 15.4. The summed E-state index contributed by atoms with van der Waals surface area (Å²) in [5, 5.41) is 55.9. The number of aromatic hydroxyl groups is 3. The SMILES string of the molecule is CC[C@@]1(O)C[C@H](O[C@H]2CC[C@H](O[C@H]3C[C@H](O)[C@H](O[C@H]4CCC(=O)[C@H](C)O4)[C@H](C)O3)[C@H](C)O2)c2c(cc3c(c2O)C(=O)c2c(O)ccc(O)c2C3=O)[C@H]1C(=O)OC. The molecule has 2 aromatic rings. The van der Waals surface area contributed by atoms with Gasteiger partial charge >= 0.3 is 5.97 Å². The van der Waals surface area contributed by atoms with Crippen molar-refractivity contribution in [1.29, 1.82) is 0 Å². The van der Waals surface area contributed by atoms with E-state index in [1.165, 1.54) is 6.07 Å². The number of ketones is 3. The molecule has 0 bridgehead atoms. The molecule has 2 aromatic carbocycles. The van der Waals surface area contributed by atoms with Gasteiger partial charge in [0.25, 0.3) is 0 Å². The number of aliphatic hydroxyl groups is 2. The summed E-state index contributed by atoms with van der Waals surface area (Å²) in [5.74, 6) is -5.83. The Balaban J connectivity index is 1.09. The number of methoxy groups -OCH3 is 1. The van der Waals surface area contributed by atoms with Gasteiger partial charge in [-0.15, -0.1) is 0 Å². The number of hydrogen-bond donors (Lipinski definition) is 5. The Morgan fingerprint density at radius 3 is 2.14 bits per heavy atom. The fraction of sp³-hybridized carbons (Fsp3) is 0.600. The van der Waals surface area contributed by atoms with Crippen LogP contribution in [-0.2, 0) is 42.7 Å². The minimum atomic E-state index is -1.78. The zero-order valence-electron chi connectivity index (χ0n) is 31.8. The molecule has 304 valence electrons. The predicted molar refractivity (Wildman–Crippen MR) is 190 cm³/mol. The molecule has 3 aliphatic heterocycles. The molecule has 0 spiro atoms. The number of phenolic OH excluding ortho intramolecular Hbond substituents is 3. The summed E-state index contributed by atoms with van der Waals surface area (Å²) >= 11 is 0. The minimum Gasteiger partial charge on any atom is -0.507 e. The van der Waals surface area contributed by atoms with E-state index in [0.29, 0.717) is 19.3 Å². The van der Waals surface area contributed by atoms with Crippen molar-refractivity contribution in [3.05, 3.63) is 51.6 Å². The average molecular weight is 785 g/mol. The summed E-state index contributed by atoms with van der Waals surface area (Å²) in [6.45, 7) is 6.87. The summed E-state index contributed by atoms with van der Waals surface area (Å²) in [4.78, 5) is 52.8. The molecule has 3 saturated heterocycles. The third-order valence-corrected chi connectivity index (χ3v) is 11.8. The Morgan fingerprint density at radius 2 is 1.52 bits per heavy atom. The van der Waals surface area contributed by atoms with E-state index in [2.05, 4.69) is 0 Å². The maximum absolute atomic E-state index is 13.8. The topological polar surface area (TPSA) is 234 Å². The van der Waals surface area contributed by atoms with Crippen LogP contribution in [0.5, 0.6) is 17.2 Å². The van der Waals surface area contributed by atoms with Crippen LogP contribution in [0.15, 0.2) is 18.2 Å². The van der Waals surface area contributed by atoms with Gasteiger partial charge in [-0.25, -0.2) is 0 Å². The second-order valence-electron chi connectivity index (χ2n) is 15.3. The van der Waals surface area contributed by atoms with Crippen LogP contribution < -0.4 is 0 Å². The van der Waals surface area contributed by atoms with Gasteiger partial charge in [-0.05, 0) is 57.4 Å². The summed E-state index contributed by atoms with van der Waals surface area (Å²) in [6.07, 6.45) is -5.95. The average Bonchev–Trinajstić information content (AvgIpc) is 3.15. The monoisotopic (exact) mass is 784 g/mol. The molecule has 3 heterocycles. The van der Waals surface area contributed by atoms with E-state index < -0.39 is 125 Å². The normalized spacial score (nSPS) is 35.7. The van der Waals surface area contributed by atoms with Gasteiger partial charge in [-0.1, -0.05) is 6.92 Å². The van der Waals surface area contributed by atoms with Crippen LogP contribution in [-0.4, -0.2) is 117 Å². The first-order valence-corrected chi connectivity index (χ1v) is 19.0. The number of benzene rings is 2. The fourth-order valence-corrected chi connectivity index (χ4v) is 8.75. The lowest BCUT2D eigenvalue weighted by Crippen LogP contribution is -2.53. The van der Waals surface area contributed by atoms with Crippen molar-refractivity contribution in [2.45, 2.75) is 146 Å². The molecule has 3 fully saturated rings. The third kappa shape index (κ3) is 7.00. The van der Waals surface area contributed by atoms with E-state index in [4.69, 9.17) is 33.2 Å². The van der Waals surface area contributed by atoms with Crippen LogP contribution in [0.3, 0.4) is 0 Å². The van der Waals surface area contributed by atoms with Crippen LogP contribution in [0.2, 0.25) is 0 Å². The first-order valence-electron chi connectivity index (χ1n) is 19.0. The van der Waals surface area contributed by atoms with Gasteiger partial charge in [-0.2, -0.15) is 0 Å². The van der Waals surface area contributed by atoms with E-state index in [0.717, 1.165) is 19.2 Å². The molecule has 56 heavy (non-hydrogen) atoms. The highest BCUT2D eigenvalue weighted by Gasteiger charge is 2.53. The Labute approximate surface area is 322 Å². The van der Waals surface area contributed by atoms with Gasteiger partial charge in [0.1, 0.15) is 35.4 Å². The molecular weight excluding hydrogens is 736 g/mol. The molecule has 0 aromatic heterocycles. The van der Waals surface area contributed by atoms with E-state index in [1.54, 1.807) is 27.7 Å². The highest BCUT2D eigenvalue weighted by atomic mass is 16.7. The molecule has 0 radical (unpaired) electrons. The Kier molecular flexibility index (Phi) is 11.1. The number of esters is 1. The Hall–Kier alpha value is -4.00. The number of carbonyl (C=O) groups excluding carboxylic acids is 4. The van der Waals surface area contributed by atoms with Crippen molar-refractivity contribution < 1.29 is 77.9 Å². The first-order chi connectivity index (χ1) is 26.6. The van der Waals surface area contributed by atoms with Gasteiger partial charge in [0.15, 0.2) is 30.4 Å². The maximum Gasteiger partial charge on any atom is 0.316 e. The van der Waals surface area contributed by atoms with E-state index in [9.17, 15) is 44.7 Å². The number of Topliss-reactive ketones (excluding diaryl/α,β-unsaturated/α-hetero) is 1. The summed E-state index contributed by atoms with van der Waals surface area (Å²) in [5.41, 5.74) is -3.50. The van der Waals surface area contributed by atoms with Crippen molar-refractivity contribution in [3.63, 3.8) is 0 Å². The van der Waals surface area contributed by atoms with Crippen molar-refractivity contribution in [2.24, 2.45) is 0 Å². The fourth-order valence-electron chi connectivity index (χ4n) is 8.75. The van der Waals surface area contributed by atoms with Crippen molar-refractivity contribution >= 4 is 23.3 Å². The largest absolute Gasteiger partial charge is 0.507 e. The van der Waals surface area contributed by atoms with Gasteiger partial charge < -0.3 is 58.7 Å². The van der Waals surface area contributed by atoms with Gasteiger partial charge in [0.05, 0.1) is 59.9 Å². The molecule has 5 N–H and O–H groups in total. The lowest BCUT2D eigenvalue weighted by molar-refractivity contribution is -0.317. The van der Waals surface area contributed by atoms with E-state index in [1.807, 2.05) is 0 Å². The van der Waals surface area contributed by atoms with Crippen LogP contribution in [0.4, 0.5) is 0 Å². The summed E-state index contributed by atoms with van der Waals surface area (Å²) < 4.78 is 41.8. The molecule has 12 atom stereocenters. The number of phenols is 3. The first kappa shape index (κ1) is 40.2. The van der Waals surface area contributed by atoms with E-state index in [-0.39, 0.29) is 48.2 Å². The molecule has 16 nitrogen and oxygen atoms in total. The number of hydrogen-bond acceptors (Lipinski definition) is 16. The number of fused-ring (bicyclic) bond motifs is 3. The summed E-state index contributed by atoms with van der Waals surface area (Å²) in [6, 6.07) is 3.37. The number of aliphatic hydroxyl groups excluding tert-OH is 1. The molecule has 5 aliphatic rings. The summed E-state index contributed by atoms with van der Waals surface area (Å²) in [7, 11) is 1.14.